The highest BCUT2D eigenvalue weighted by molar-refractivity contribution is 7.54. The maximum absolute atomic E-state index is 15.3. The summed E-state index contributed by atoms with van der Waals surface area (Å²) >= 11 is 1.06. The van der Waals surface area contributed by atoms with E-state index in [0.29, 0.717) is 42.4 Å². The number of hydrogen-bond donors (Lipinski definition) is 2. The first kappa shape index (κ1) is 30.5. The molecule has 0 aliphatic carbocycles. The Kier molecular flexibility index (Phi) is 9.31. The van der Waals surface area contributed by atoms with Crippen LogP contribution in [0.5, 0.6) is 0 Å². The van der Waals surface area contributed by atoms with Crippen LogP contribution in [0.4, 0.5) is 8.78 Å². The predicted molar refractivity (Wildman–Crippen MR) is 146 cm³/mol. The zero-order chi connectivity index (χ0) is 29.2. The van der Waals surface area contributed by atoms with Gasteiger partial charge in [0.15, 0.2) is 0 Å². The second-order valence-electron chi connectivity index (χ2n) is 9.78. The van der Waals surface area contributed by atoms with Crippen LogP contribution < -0.4 is 5.32 Å². The SMILES string of the molecule is CCOP(=O)(OCC)C(F)(F)c1ccc2sc(C(=O)N[C@H]3CN(CC)CC[C@H]4CC[C@@H](C(=O)O)N4C3=O)cc2c1. The van der Waals surface area contributed by atoms with Gasteiger partial charge in [-0.25, -0.2) is 4.79 Å². The van der Waals surface area contributed by atoms with E-state index in [0.717, 1.165) is 23.5 Å². The lowest BCUT2D eigenvalue weighted by molar-refractivity contribution is -0.151. The number of fused-ring (bicyclic) bond motifs is 2. The molecule has 0 saturated carbocycles. The minimum absolute atomic E-state index is 0.193. The molecule has 3 heterocycles. The molecule has 0 radical (unpaired) electrons. The Morgan fingerprint density at radius 3 is 2.48 bits per heavy atom. The Morgan fingerprint density at radius 2 is 1.85 bits per heavy atom. The van der Waals surface area contributed by atoms with Crippen LogP contribution in [0.2, 0.25) is 0 Å². The van der Waals surface area contributed by atoms with Gasteiger partial charge in [0, 0.05) is 29.4 Å². The summed E-state index contributed by atoms with van der Waals surface area (Å²) in [6.45, 7) is 5.94. The minimum Gasteiger partial charge on any atom is -0.480 e. The van der Waals surface area contributed by atoms with Crippen LogP contribution in [0.15, 0.2) is 24.3 Å². The van der Waals surface area contributed by atoms with Crippen LogP contribution >= 0.6 is 18.9 Å². The average Bonchev–Trinajstić information content (AvgIpc) is 3.53. The fraction of sp³-hybridized carbons (Fsp3) is 0.577. The van der Waals surface area contributed by atoms with Crippen molar-refractivity contribution >= 4 is 46.8 Å². The third-order valence-electron chi connectivity index (χ3n) is 7.34. The summed E-state index contributed by atoms with van der Waals surface area (Å²) in [4.78, 5) is 42.3. The fourth-order valence-corrected chi connectivity index (χ4v) is 7.83. The van der Waals surface area contributed by atoms with Crippen molar-refractivity contribution in [1.82, 2.24) is 15.1 Å². The van der Waals surface area contributed by atoms with Gasteiger partial charge in [-0.05, 0) is 63.2 Å². The second kappa shape index (κ2) is 12.2. The van der Waals surface area contributed by atoms with E-state index in [1.54, 1.807) is 0 Å². The summed E-state index contributed by atoms with van der Waals surface area (Å²) in [6, 6.07) is 3.01. The van der Waals surface area contributed by atoms with E-state index in [2.05, 4.69) is 5.32 Å². The molecular formula is C26H34F2N3O7PS. The Morgan fingerprint density at radius 1 is 1.15 bits per heavy atom. The van der Waals surface area contributed by atoms with E-state index in [-0.39, 0.29) is 30.7 Å². The Labute approximate surface area is 235 Å². The highest BCUT2D eigenvalue weighted by Crippen LogP contribution is 2.67. The quantitative estimate of drug-likeness (QED) is 0.382. The molecule has 14 heteroatoms. The van der Waals surface area contributed by atoms with Crippen molar-refractivity contribution in [2.75, 3.05) is 32.8 Å². The van der Waals surface area contributed by atoms with Gasteiger partial charge >= 0.3 is 19.2 Å². The topological polar surface area (TPSA) is 125 Å². The van der Waals surface area contributed by atoms with Gasteiger partial charge < -0.3 is 29.3 Å². The molecule has 2 aromatic rings. The summed E-state index contributed by atoms with van der Waals surface area (Å²) in [5.74, 6) is -2.07. The number of hydrogen-bond acceptors (Lipinski definition) is 8. The lowest BCUT2D eigenvalue weighted by atomic mass is 10.1. The van der Waals surface area contributed by atoms with Gasteiger partial charge in [0.2, 0.25) is 5.91 Å². The molecule has 2 aliphatic heterocycles. The molecule has 3 atom stereocenters. The van der Waals surface area contributed by atoms with E-state index in [4.69, 9.17) is 9.05 Å². The molecule has 0 bridgehead atoms. The maximum Gasteiger partial charge on any atom is 0.404 e. The molecule has 4 rings (SSSR count). The van der Waals surface area contributed by atoms with Crippen molar-refractivity contribution in [3.8, 4) is 0 Å². The summed E-state index contributed by atoms with van der Waals surface area (Å²) in [5.41, 5.74) is -4.48. The molecule has 2 aliphatic rings. The number of rotatable bonds is 10. The second-order valence-corrected chi connectivity index (χ2v) is 12.9. The summed E-state index contributed by atoms with van der Waals surface area (Å²) in [5, 5.41) is 12.8. The molecule has 10 nitrogen and oxygen atoms in total. The van der Waals surface area contributed by atoms with Gasteiger partial charge in [-0.1, -0.05) is 13.0 Å². The molecule has 0 unspecified atom stereocenters. The first-order valence-electron chi connectivity index (χ1n) is 13.3. The number of thiophene rings is 1. The zero-order valence-electron chi connectivity index (χ0n) is 22.6. The number of carbonyl (C=O) groups excluding carboxylic acids is 2. The Balaban J connectivity index is 1.60. The number of halogens is 2. The van der Waals surface area contributed by atoms with E-state index in [1.165, 1.54) is 30.9 Å². The van der Waals surface area contributed by atoms with Crippen LogP contribution in [0.25, 0.3) is 10.1 Å². The van der Waals surface area contributed by atoms with Crippen molar-refractivity contribution in [3.63, 3.8) is 0 Å². The van der Waals surface area contributed by atoms with Crippen molar-refractivity contribution < 1.29 is 41.9 Å². The first-order valence-corrected chi connectivity index (χ1v) is 15.7. The van der Waals surface area contributed by atoms with E-state index < -0.39 is 48.7 Å². The molecule has 2 N–H and O–H groups in total. The van der Waals surface area contributed by atoms with Gasteiger partial charge in [0.1, 0.15) is 12.1 Å². The van der Waals surface area contributed by atoms with E-state index in [9.17, 15) is 24.1 Å². The molecule has 40 heavy (non-hydrogen) atoms. The summed E-state index contributed by atoms with van der Waals surface area (Å²) in [6.07, 6.45) is 1.61. The largest absolute Gasteiger partial charge is 0.480 e. The zero-order valence-corrected chi connectivity index (χ0v) is 24.3. The number of carboxylic acids is 1. The molecule has 2 fully saturated rings. The Hall–Kier alpha value is -2.44. The molecule has 0 spiro atoms. The maximum atomic E-state index is 15.3. The van der Waals surface area contributed by atoms with Crippen molar-refractivity contribution in [2.24, 2.45) is 0 Å². The van der Waals surface area contributed by atoms with E-state index in [1.807, 2.05) is 11.8 Å². The van der Waals surface area contributed by atoms with Gasteiger partial charge in [0.05, 0.1) is 18.1 Å². The van der Waals surface area contributed by atoms with Gasteiger partial charge in [-0.3, -0.25) is 14.2 Å². The number of aliphatic carboxylic acids is 1. The number of carbonyl (C=O) groups is 3. The molecular weight excluding hydrogens is 567 g/mol. The Bertz CT molecular complexity index is 1310. The molecule has 1 aromatic carbocycles. The van der Waals surface area contributed by atoms with Gasteiger partial charge in [-0.2, -0.15) is 8.78 Å². The van der Waals surface area contributed by atoms with Crippen LogP contribution in [-0.4, -0.2) is 83.7 Å². The normalized spacial score (nSPS) is 22.7. The highest BCUT2D eigenvalue weighted by Gasteiger charge is 2.55. The number of likely N-dealkylation sites (N-methyl/N-ethyl adjacent to an activating group) is 1. The van der Waals surface area contributed by atoms with Crippen LogP contribution in [-0.2, 0) is 28.9 Å². The third-order valence-corrected chi connectivity index (χ3v) is 10.6. The number of benzene rings is 1. The number of amides is 2. The van der Waals surface area contributed by atoms with Crippen LogP contribution in [0.3, 0.4) is 0 Å². The lowest BCUT2D eigenvalue weighted by Crippen LogP contribution is -2.59. The number of carboxylic acid groups (broad SMARTS) is 1. The van der Waals surface area contributed by atoms with Crippen LogP contribution in [0, 0.1) is 0 Å². The monoisotopic (exact) mass is 601 g/mol. The minimum atomic E-state index is -4.80. The predicted octanol–water partition coefficient (Wildman–Crippen LogP) is 4.48. The molecule has 2 amide bonds. The number of nitrogens with one attached hydrogen (secondary N) is 1. The number of nitrogens with zero attached hydrogens (tertiary/aromatic N) is 2. The van der Waals surface area contributed by atoms with Crippen molar-refractivity contribution in [3.05, 3.63) is 34.7 Å². The average molecular weight is 602 g/mol. The summed E-state index contributed by atoms with van der Waals surface area (Å²) < 4.78 is 53.7. The van der Waals surface area contributed by atoms with Crippen LogP contribution in [0.1, 0.15) is 55.3 Å². The number of alkyl halides is 2. The molecule has 1 aromatic heterocycles. The smallest absolute Gasteiger partial charge is 0.404 e. The summed E-state index contributed by atoms with van der Waals surface area (Å²) in [7, 11) is -4.80. The van der Waals surface area contributed by atoms with Crippen molar-refractivity contribution in [2.45, 2.75) is 63.8 Å². The van der Waals surface area contributed by atoms with Gasteiger partial charge in [0.25, 0.3) is 5.91 Å². The lowest BCUT2D eigenvalue weighted by Gasteiger charge is -2.37. The standard InChI is InChI=1S/C26H34F2N3O7PS/c1-4-30-12-11-18-8-9-20(25(34)35)31(18)24(33)19(15-30)29-23(32)22-14-16-13-17(7-10-21(16)40-22)26(27,28)39(36,37-5-2)38-6-3/h7,10,13-14,18-20H,4-6,8-9,11-12,15H2,1-3H3,(H,29,32)(H,34,35)/t18-,19+,20+/m1/s1. The van der Waals surface area contributed by atoms with Gasteiger partial charge in [-0.15, -0.1) is 11.3 Å². The van der Waals surface area contributed by atoms with Crippen molar-refractivity contribution in [1.29, 1.82) is 0 Å². The molecule has 2 saturated heterocycles. The fourth-order valence-electron chi connectivity index (χ4n) is 5.35. The third kappa shape index (κ3) is 5.80. The molecule has 220 valence electrons. The van der Waals surface area contributed by atoms with E-state index >= 15 is 8.78 Å². The first-order chi connectivity index (χ1) is 19.0. The highest BCUT2D eigenvalue weighted by atomic mass is 32.1.